The number of rotatable bonds is 3. The molecule has 76 valence electrons. The lowest BCUT2D eigenvalue weighted by Gasteiger charge is -2.07. The van der Waals surface area contributed by atoms with E-state index in [-0.39, 0.29) is 11.7 Å². The Kier molecular flexibility index (Phi) is 9.02. The van der Waals surface area contributed by atoms with Gasteiger partial charge in [-0.05, 0) is 12.3 Å². The van der Waals surface area contributed by atoms with Crippen molar-refractivity contribution >= 4 is 10.1 Å². The lowest BCUT2D eigenvalue weighted by Crippen LogP contribution is -2.74. The lowest BCUT2D eigenvalue weighted by molar-refractivity contribution is -0.597. The average molecular weight is 197 g/mol. The lowest BCUT2D eigenvalue weighted by atomic mass is 10.2. The predicted octanol–water partition coefficient (Wildman–Crippen LogP) is -0.613. The fourth-order valence-corrected chi connectivity index (χ4v) is 1.14. The molecule has 0 rings (SSSR count). The molecule has 0 spiro atoms. The van der Waals surface area contributed by atoms with E-state index in [1.54, 1.807) is 0 Å². The molecule has 0 aliphatic rings. The van der Waals surface area contributed by atoms with Gasteiger partial charge in [-0.2, -0.15) is 0 Å². The van der Waals surface area contributed by atoms with E-state index in [1.165, 1.54) is 0 Å². The first-order valence-corrected chi connectivity index (χ1v) is 5.58. The van der Waals surface area contributed by atoms with E-state index in [2.05, 4.69) is 0 Å². The maximum Gasteiger partial charge on any atom is 0.0946 e. The van der Waals surface area contributed by atoms with E-state index < -0.39 is 10.1 Å². The van der Waals surface area contributed by atoms with Gasteiger partial charge in [0.2, 0.25) is 0 Å². The summed E-state index contributed by atoms with van der Waals surface area (Å²) >= 11 is 0. The van der Waals surface area contributed by atoms with Crippen LogP contribution in [0.3, 0.4) is 0 Å². The molecule has 12 heavy (non-hydrogen) atoms. The van der Waals surface area contributed by atoms with Crippen LogP contribution in [0.2, 0.25) is 0 Å². The van der Waals surface area contributed by atoms with E-state index in [9.17, 15) is 13.0 Å². The van der Waals surface area contributed by atoms with Crippen molar-refractivity contribution in [1.82, 2.24) is 0 Å². The number of hydrogen-bond acceptors (Lipinski definition) is 3. The highest BCUT2D eigenvalue weighted by atomic mass is 32.2. The minimum atomic E-state index is -3.97. The first kappa shape index (κ1) is 14.4. The standard InChI is InChI=1S/C5H12O3S.C2H7N/c1-5(2)3-4-9(6,7)8;1-3-2/h5H,3-4H2,1-2H3,(H,6,7,8);3H,1-2H3. The zero-order chi connectivity index (χ0) is 10.2. The van der Waals surface area contributed by atoms with Crippen LogP contribution in [0, 0.1) is 5.92 Å². The number of hydrogen-bond donors (Lipinski definition) is 1. The molecule has 0 saturated carbocycles. The van der Waals surface area contributed by atoms with Crippen molar-refractivity contribution in [3.8, 4) is 0 Å². The first-order chi connectivity index (χ1) is 5.33. The van der Waals surface area contributed by atoms with E-state index in [4.69, 9.17) is 0 Å². The van der Waals surface area contributed by atoms with Crippen LogP contribution in [-0.2, 0) is 10.1 Å². The third-order valence-corrected chi connectivity index (χ3v) is 1.68. The summed E-state index contributed by atoms with van der Waals surface area (Å²) in [6.45, 7) is 3.76. The summed E-state index contributed by atoms with van der Waals surface area (Å²) in [6, 6.07) is 0. The van der Waals surface area contributed by atoms with Gasteiger partial charge in [0, 0.05) is 5.75 Å². The Balaban J connectivity index is 0. The molecular weight excluding hydrogens is 178 g/mol. The van der Waals surface area contributed by atoms with Gasteiger partial charge in [0.1, 0.15) is 0 Å². The van der Waals surface area contributed by atoms with Gasteiger partial charge in [-0.3, -0.25) is 0 Å². The monoisotopic (exact) mass is 197 g/mol. The molecule has 0 atom stereocenters. The number of quaternary nitrogens is 1. The van der Waals surface area contributed by atoms with Crippen molar-refractivity contribution in [2.75, 3.05) is 19.8 Å². The second kappa shape index (κ2) is 7.52. The third kappa shape index (κ3) is 22.5. The van der Waals surface area contributed by atoms with Gasteiger partial charge in [0.05, 0.1) is 24.2 Å². The highest BCUT2D eigenvalue weighted by Gasteiger charge is 1.97. The van der Waals surface area contributed by atoms with Gasteiger partial charge in [0.15, 0.2) is 0 Å². The SMILES string of the molecule is CC(C)CCS(=O)(=O)[O-].C[NH2+]C. The molecule has 0 aromatic rings. The first-order valence-electron chi connectivity index (χ1n) is 4.01. The smallest absolute Gasteiger partial charge is 0.0946 e. The van der Waals surface area contributed by atoms with Crippen molar-refractivity contribution in [3.05, 3.63) is 0 Å². The second-order valence-corrected chi connectivity index (χ2v) is 4.55. The maximum atomic E-state index is 9.98. The van der Waals surface area contributed by atoms with E-state index in [0.29, 0.717) is 6.42 Å². The minimum Gasteiger partial charge on any atom is -0.748 e. The number of nitrogens with two attached hydrogens (primary N) is 1. The van der Waals surface area contributed by atoms with Gasteiger partial charge >= 0.3 is 0 Å². The van der Waals surface area contributed by atoms with Crippen LogP contribution in [-0.4, -0.2) is 32.8 Å². The van der Waals surface area contributed by atoms with Crippen LogP contribution in [0.5, 0.6) is 0 Å². The predicted molar refractivity (Wildman–Crippen MR) is 47.8 cm³/mol. The normalized spacial score (nSPS) is 10.8. The zero-order valence-electron chi connectivity index (χ0n) is 8.20. The summed E-state index contributed by atoms with van der Waals surface area (Å²) in [4.78, 5) is 0. The highest BCUT2D eigenvalue weighted by Crippen LogP contribution is 2.00. The second-order valence-electron chi connectivity index (χ2n) is 3.02. The molecule has 4 nitrogen and oxygen atoms in total. The maximum absolute atomic E-state index is 9.98. The molecule has 0 aliphatic heterocycles. The van der Waals surface area contributed by atoms with Gasteiger partial charge in [-0.25, -0.2) is 8.42 Å². The Bertz CT molecular complexity index is 175. The highest BCUT2D eigenvalue weighted by molar-refractivity contribution is 7.85. The minimum absolute atomic E-state index is 0.231. The summed E-state index contributed by atoms with van der Waals surface area (Å²) in [7, 11) is 0.0308. The van der Waals surface area contributed by atoms with Gasteiger partial charge in [0.25, 0.3) is 0 Å². The zero-order valence-corrected chi connectivity index (χ0v) is 9.02. The summed E-state index contributed by atoms with van der Waals surface area (Å²) in [5.41, 5.74) is 0. The van der Waals surface area contributed by atoms with Crippen molar-refractivity contribution in [3.63, 3.8) is 0 Å². The fourth-order valence-electron chi connectivity index (χ4n) is 0.380. The van der Waals surface area contributed by atoms with E-state index in [0.717, 1.165) is 0 Å². The molecule has 0 radical (unpaired) electrons. The van der Waals surface area contributed by atoms with Crippen LogP contribution in [0.4, 0.5) is 0 Å². The van der Waals surface area contributed by atoms with Crippen LogP contribution in [0.15, 0.2) is 0 Å². The van der Waals surface area contributed by atoms with Crippen molar-refractivity contribution < 1.29 is 18.3 Å². The van der Waals surface area contributed by atoms with Gasteiger partial charge in [-0.1, -0.05) is 13.8 Å². The molecule has 0 bridgehead atoms. The molecule has 2 N–H and O–H groups in total. The molecule has 0 aliphatic carbocycles. The summed E-state index contributed by atoms with van der Waals surface area (Å²) in [5, 5.41) is 2.00. The molecule has 0 saturated heterocycles. The Morgan fingerprint density at radius 2 is 1.67 bits per heavy atom. The Labute approximate surface area is 75.1 Å². The topological polar surface area (TPSA) is 73.8 Å². The van der Waals surface area contributed by atoms with Gasteiger partial charge < -0.3 is 9.87 Å². The van der Waals surface area contributed by atoms with Crippen molar-refractivity contribution in [1.29, 1.82) is 0 Å². The van der Waals surface area contributed by atoms with Crippen molar-refractivity contribution in [2.45, 2.75) is 20.3 Å². The molecule has 0 fully saturated rings. The largest absolute Gasteiger partial charge is 0.748 e. The molecule has 0 heterocycles. The Hall–Kier alpha value is -0.130. The van der Waals surface area contributed by atoms with Crippen LogP contribution < -0.4 is 5.32 Å². The van der Waals surface area contributed by atoms with Crippen LogP contribution in [0.1, 0.15) is 20.3 Å². The summed E-state index contributed by atoms with van der Waals surface area (Å²) in [6.07, 6.45) is 0.464. The fraction of sp³-hybridized carbons (Fsp3) is 1.00. The Morgan fingerprint density at radius 1 is 1.33 bits per heavy atom. The van der Waals surface area contributed by atoms with E-state index >= 15 is 0 Å². The summed E-state index contributed by atoms with van der Waals surface area (Å²) < 4.78 is 29.9. The molecule has 0 unspecified atom stereocenters. The Morgan fingerprint density at radius 3 is 1.75 bits per heavy atom. The summed E-state index contributed by atoms with van der Waals surface area (Å²) in [5.74, 6) is 0.0544. The molecule has 0 aromatic heterocycles. The van der Waals surface area contributed by atoms with Gasteiger partial charge in [-0.15, -0.1) is 0 Å². The molecule has 0 amide bonds. The van der Waals surface area contributed by atoms with Crippen molar-refractivity contribution in [2.24, 2.45) is 5.92 Å². The quantitative estimate of drug-likeness (QED) is 0.613. The van der Waals surface area contributed by atoms with Crippen LogP contribution in [0.25, 0.3) is 0 Å². The average Bonchev–Trinajstić information content (AvgIpc) is 1.84. The van der Waals surface area contributed by atoms with Crippen LogP contribution >= 0.6 is 0 Å². The molecule has 5 heteroatoms. The van der Waals surface area contributed by atoms with E-state index in [1.807, 2.05) is 33.3 Å². The third-order valence-electron chi connectivity index (χ3n) is 0.945. The molecule has 0 aromatic carbocycles. The molecular formula is C7H19NO3S.